The lowest BCUT2D eigenvalue weighted by atomic mass is 9.87. The average molecular weight is 261 g/mol. The van der Waals surface area contributed by atoms with Crippen LogP contribution in [0.15, 0.2) is 0 Å². The van der Waals surface area contributed by atoms with Crippen molar-refractivity contribution >= 4 is 0 Å². The molecule has 0 saturated heterocycles. The molecule has 0 spiro atoms. The predicted octanol–water partition coefficient (Wildman–Crippen LogP) is 3.36. The molecule has 0 radical (unpaired) electrons. The van der Waals surface area contributed by atoms with Gasteiger partial charge in [-0.15, -0.1) is 0 Å². The minimum Gasteiger partial charge on any atom is -0.376 e. The Bertz CT molecular complexity index is 260. The summed E-state index contributed by atoms with van der Waals surface area (Å²) in [7, 11) is 1.96. The Morgan fingerprint density at radius 3 is 2.67 bits per heavy atom. The lowest BCUT2D eigenvalue weighted by Crippen LogP contribution is -2.42. The van der Waals surface area contributed by atoms with Gasteiger partial charge in [-0.05, 0) is 38.6 Å². The SMILES string of the molecule is CNC1CCCCC1OCC1CCCC(F)(F)C1. The molecular weight excluding hydrogens is 236 g/mol. The van der Waals surface area contributed by atoms with Crippen LogP contribution in [-0.2, 0) is 4.74 Å². The van der Waals surface area contributed by atoms with Crippen LogP contribution in [0.4, 0.5) is 8.78 Å². The number of nitrogens with one attached hydrogen (secondary N) is 1. The standard InChI is InChI=1S/C14H25F2NO/c1-17-12-6-2-3-7-13(12)18-10-11-5-4-8-14(15,16)9-11/h11-13,17H,2-10H2,1H3. The maximum atomic E-state index is 13.3. The summed E-state index contributed by atoms with van der Waals surface area (Å²) < 4.78 is 32.5. The number of rotatable bonds is 4. The minimum atomic E-state index is -2.46. The quantitative estimate of drug-likeness (QED) is 0.838. The zero-order valence-electron chi connectivity index (χ0n) is 11.3. The van der Waals surface area contributed by atoms with Gasteiger partial charge in [-0.1, -0.05) is 12.8 Å². The van der Waals surface area contributed by atoms with Gasteiger partial charge in [0.2, 0.25) is 5.92 Å². The van der Waals surface area contributed by atoms with Gasteiger partial charge in [0.15, 0.2) is 0 Å². The number of halogens is 2. The Kier molecular flexibility index (Phi) is 4.96. The second-order valence-electron chi connectivity index (χ2n) is 5.87. The number of alkyl halides is 2. The normalized spacial score (nSPS) is 36.5. The van der Waals surface area contributed by atoms with Crippen molar-refractivity contribution in [3.05, 3.63) is 0 Å². The zero-order valence-corrected chi connectivity index (χ0v) is 11.3. The Hall–Kier alpha value is -0.220. The van der Waals surface area contributed by atoms with Gasteiger partial charge in [0.05, 0.1) is 12.7 Å². The third kappa shape index (κ3) is 3.89. The summed E-state index contributed by atoms with van der Waals surface area (Å²) in [5.41, 5.74) is 0. The molecule has 2 fully saturated rings. The monoisotopic (exact) mass is 261 g/mol. The molecule has 3 atom stereocenters. The topological polar surface area (TPSA) is 21.3 Å². The Balaban J connectivity index is 1.76. The molecule has 0 aromatic heterocycles. The number of likely N-dealkylation sites (N-methyl/N-ethyl adjacent to an activating group) is 1. The first kappa shape index (κ1) is 14.2. The van der Waals surface area contributed by atoms with Gasteiger partial charge in [0.25, 0.3) is 0 Å². The molecule has 2 aliphatic rings. The first-order valence-corrected chi connectivity index (χ1v) is 7.27. The molecule has 4 heteroatoms. The summed E-state index contributed by atoms with van der Waals surface area (Å²) in [5, 5.41) is 3.28. The van der Waals surface area contributed by atoms with Gasteiger partial charge in [-0.3, -0.25) is 0 Å². The first-order valence-electron chi connectivity index (χ1n) is 7.27. The van der Waals surface area contributed by atoms with Crippen LogP contribution in [0, 0.1) is 5.92 Å². The van der Waals surface area contributed by atoms with Crippen LogP contribution in [0.3, 0.4) is 0 Å². The van der Waals surface area contributed by atoms with Gasteiger partial charge >= 0.3 is 0 Å². The van der Waals surface area contributed by atoms with Crippen LogP contribution in [0.1, 0.15) is 51.4 Å². The summed E-state index contributed by atoms with van der Waals surface area (Å²) in [6, 6.07) is 0.405. The second-order valence-corrected chi connectivity index (χ2v) is 5.87. The molecule has 0 aromatic carbocycles. The van der Waals surface area contributed by atoms with Crippen LogP contribution >= 0.6 is 0 Å². The van der Waals surface area contributed by atoms with Gasteiger partial charge in [0.1, 0.15) is 0 Å². The van der Waals surface area contributed by atoms with E-state index in [-0.39, 0.29) is 24.9 Å². The molecule has 0 amide bonds. The van der Waals surface area contributed by atoms with Crippen molar-refractivity contribution in [2.24, 2.45) is 5.92 Å². The molecule has 3 unspecified atom stereocenters. The average Bonchev–Trinajstić information content (AvgIpc) is 2.35. The summed E-state index contributed by atoms with van der Waals surface area (Å²) in [5.74, 6) is -2.41. The van der Waals surface area contributed by atoms with E-state index in [1.165, 1.54) is 12.8 Å². The van der Waals surface area contributed by atoms with E-state index in [4.69, 9.17) is 4.74 Å². The molecule has 0 heterocycles. The number of ether oxygens (including phenoxy) is 1. The number of hydrogen-bond donors (Lipinski definition) is 1. The third-order valence-corrected chi connectivity index (χ3v) is 4.36. The van der Waals surface area contributed by atoms with E-state index in [2.05, 4.69) is 5.32 Å². The van der Waals surface area contributed by atoms with Crippen LogP contribution < -0.4 is 5.32 Å². The van der Waals surface area contributed by atoms with Crippen molar-refractivity contribution in [2.45, 2.75) is 69.4 Å². The highest BCUT2D eigenvalue weighted by atomic mass is 19.3. The van der Waals surface area contributed by atoms with Crippen molar-refractivity contribution in [3.63, 3.8) is 0 Å². The third-order valence-electron chi connectivity index (χ3n) is 4.36. The molecule has 0 bridgehead atoms. The van der Waals surface area contributed by atoms with E-state index in [0.29, 0.717) is 19.1 Å². The maximum absolute atomic E-state index is 13.3. The molecule has 2 rings (SSSR count). The largest absolute Gasteiger partial charge is 0.376 e. The van der Waals surface area contributed by atoms with Gasteiger partial charge in [-0.25, -0.2) is 8.78 Å². The lowest BCUT2D eigenvalue weighted by Gasteiger charge is -2.34. The van der Waals surface area contributed by atoms with Crippen molar-refractivity contribution in [2.75, 3.05) is 13.7 Å². The van der Waals surface area contributed by atoms with E-state index >= 15 is 0 Å². The molecule has 2 nitrogen and oxygen atoms in total. The maximum Gasteiger partial charge on any atom is 0.248 e. The van der Waals surface area contributed by atoms with Crippen LogP contribution in [0.2, 0.25) is 0 Å². The van der Waals surface area contributed by atoms with E-state index < -0.39 is 5.92 Å². The van der Waals surface area contributed by atoms with E-state index in [0.717, 1.165) is 19.3 Å². The highest BCUT2D eigenvalue weighted by Gasteiger charge is 2.36. The molecular formula is C14H25F2NO. The Labute approximate surface area is 108 Å². The van der Waals surface area contributed by atoms with Crippen molar-refractivity contribution < 1.29 is 13.5 Å². The van der Waals surface area contributed by atoms with Crippen molar-refractivity contribution in [3.8, 4) is 0 Å². The zero-order chi connectivity index (χ0) is 13.0. The molecule has 0 aromatic rings. The smallest absolute Gasteiger partial charge is 0.248 e. The van der Waals surface area contributed by atoms with E-state index in [9.17, 15) is 8.78 Å². The van der Waals surface area contributed by atoms with Gasteiger partial charge in [-0.2, -0.15) is 0 Å². The highest BCUT2D eigenvalue weighted by Crippen LogP contribution is 2.37. The highest BCUT2D eigenvalue weighted by molar-refractivity contribution is 4.82. The summed E-state index contributed by atoms with van der Waals surface area (Å²) in [4.78, 5) is 0. The van der Waals surface area contributed by atoms with Crippen LogP contribution in [-0.4, -0.2) is 31.7 Å². The molecule has 1 N–H and O–H groups in total. The fourth-order valence-corrected chi connectivity index (χ4v) is 3.30. The van der Waals surface area contributed by atoms with E-state index in [1.54, 1.807) is 0 Å². The minimum absolute atomic E-state index is 0.0178. The van der Waals surface area contributed by atoms with Gasteiger partial charge in [0, 0.05) is 18.9 Å². The summed E-state index contributed by atoms with van der Waals surface area (Å²) >= 11 is 0. The van der Waals surface area contributed by atoms with Crippen molar-refractivity contribution in [1.82, 2.24) is 5.32 Å². The van der Waals surface area contributed by atoms with Crippen LogP contribution in [0.25, 0.3) is 0 Å². The molecule has 2 saturated carbocycles. The summed E-state index contributed by atoms with van der Waals surface area (Å²) in [6.07, 6.45) is 6.48. The van der Waals surface area contributed by atoms with Crippen LogP contribution in [0.5, 0.6) is 0 Å². The Morgan fingerprint density at radius 2 is 1.94 bits per heavy atom. The van der Waals surface area contributed by atoms with Gasteiger partial charge < -0.3 is 10.1 Å². The first-order chi connectivity index (χ1) is 8.61. The fraction of sp³-hybridized carbons (Fsp3) is 1.00. The molecule has 18 heavy (non-hydrogen) atoms. The van der Waals surface area contributed by atoms with Crippen molar-refractivity contribution in [1.29, 1.82) is 0 Å². The molecule has 106 valence electrons. The molecule has 2 aliphatic carbocycles. The predicted molar refractivity (Wildman–Crippen MR) is 68.0 cm³/mol. The van der Waals surface area contributed by atoms with E-state index in [1.807, 2.05) is 7.05 Å². The number of hydrogen-bond acceptors (Lipinski definition) is 2. The lowest BCUT2D eigenvalue weighted by molar-refractivity contribution is -0.0812. The molecule has 0 aliphatic heterocycles. The second kappa shape index (κ2) is 6.29. The Morgan fingerprint density at radius 1 is 1.17 bits per heavy atom. The summed E-state index contributed by atoms with van der Waals surface area (Å²) in [6.45, 7) is 0.512. The fourth-order valence-electron chi connectivity index (χ4n) is 3.30.